The molecule has 1 saturated heterocycles. The van der Waals surface area contributed by atoms with Crippen molar-refractivity contribution in [3.63, 3.8) is 0 Å². The van der Waals surface area contributed by atoms with Gasteiger partial charge in [-0.1, -0.05) is 64.4 Å². The SMILES string of the molecule is CC[C@H](C)[C@H](NC(=O)OCc1ccccc1)C(=O)N(CC=O)[C@@H]1CCN(C(=O)[C@H](CC(C)C)NC(=O)c2ccc(N(C)C)cc2)[C@@H]1C. The molecule has 256 valence electrons. The predicted octanol–water partition coefficient (Wildman–Crippen LogP) is 4.26. The first-order valence-electron chi connectivity index (χ1n) is 16.5. The molecule has 0 unspecified atom stereocenters. The van der Waals surface area contributed by atoms with Crippen LogP contribution in [0.3, 0.4) is 0 Å². The number of rotatable bonds is 15. The minimum absolute atomic E-state index is 0.0539. The topological polar surface area (TPSA) is 128 Å². The normalized spacial score (nSPS) is 17.7. The maximum Gasteiger partial charge on any atom is 0.408 e. The van der Waals surface area contributed by atoms with Gasteiger partial charge >= 0.3 is 6.09 Å². The van der Waals surface area contributed by atoms with Crippen LogP contribution in [0.5, 0.6) is 0 Å². The van der Waals surface area contributed by atoms with Gasteiger partial charge in [0.1, 0.15) is 25.0 Å². The number of anilines is 1. The number of benzene rings is 2. The first-order valence-corrected chi connectivity index (χ1v) is 16.5. The second-order valence-electron chi connectivity index (χ2n) is 13.0. The largest absolute Gasteiger partial charge is 0.445 e. The van der Waals surface area contributed by atoms with Crippen molar-refractivity contribution in [1.29, 1.82) is 0 Å². The Balaban J connectivity index is 1.75. The third-order valence-electron chi connectivity index (χ3n) is 8.87. The molecule has 2 N–H and O–H groups in total. The number of hydrogen-bond donors (Lipinski definition) is 2. The summed E-state index contributed by atoms with van der Waals surface area (Å²) in [4.78, 5) is 71.0. The van der Waals surface area contributed by atoms with Crippen LogP contribution in [0.15, 0.2) is 54.6 Å². The fraction of sp³-hybridized carbons (Fsp3) is 0.528. The molecule has 1 aliphatic rings. The lowest BCUT2D eigenvalue weighted by Gasteiger charge is -2.36. The lowest BCUT2D eigenvalue weighted by molar-refractivity contribution is -0.141. The lowest BCUT2D eigenvalue weighted by atomic mass is 9.96. The van der Waals surface area contributed by atoms with Crippen molar-refractivity contribution >= 4 is 35.8 Å². The highest BCUT2D eigenvalue weighted by Gasteiger charge is 2.43. The van der Waals surface area contributed by atoms with Crippen LogP contribution in [0.2, 0.25) is 0 Å². The maximum absolute atomic E-state index is 14.0. The summed E-state index contributed by atoms with van der Waals surface area (Å²) in [6.45, 7) is 9.85. The zero-order valence-electron chi connectivity index (χ0n) is 28.8. The first-order chi connectivity index (χ1) is 22.4. The molecule has 1 heterocycles. The Hall–Kier alpha value is -4.41. The molecule has 0 aliphatic carbocycles. The number of hydrogen-bond acceptors (Lipinski definition) is 7. The molecule has 11 heteroatoms. The summed E-state index contributed by atoms with van der Waals surface area (Å²) in [6.07, 6.45) is 1.44. The molecule has 3 rings (SSSR count). The van der Waals surface area contributed by atoms with Gasteiger partial charge in [-0.25, -0.2) is 4.79 Å². The van der Waals surface area contributed by atoms with E-state index >= 15 is 0 Å². The van der Waals surface area contributed by atoms with Gasteiger partial charge in [-0.3, -0.25) is 14.4 Å². The molecule has 4 amide bonds. The number of nitrogens with one attached hydrogen (secondary N) is 2. The first kappa shape index (κ1) is 37.1. The molecule has 0 spiro atoms. The monoisotopic (exact) mass is 649 g/mol. The van der Waals surface area contributed by atoms with Crippen LogP contribution in [0.1, 0.15) is 69.8 Å². The highest BCUT2D eigenvalue weighted by molar-refractivity contribution is 5.98. The number of carbonyl (C=O) groups is 5. The Bertz CT molecular complexity index is 1350. The van der Waals surface area contributed by atoms with Crippen LogP contribution in [0.4, 0.5) is 10.5 Å². The van der Waals surface area contributed by atoms with Crippen molar-refractivity contribution in [1.82, 2.24) is 20.4 Å². The number of carbonyl (C=O) groups excluding carboxylic acids is 5. The Kier molecular flexibility index (Phi) is 13.8. The highest BCUT2D eigenvalue weighted by Crippen LogP contribution is 2.26. The Morgan fingerprint density at radius 2 is 1.66 bits per heavy atom. The lowest BCUT2D eigenvalue weighted by Crippen LogP contribution is -2.58. The van der Waals surface area contributed by atoms with E-state index in [-0.39, 0.29) is 36.8 Å². The Morgan fingerprint density at radius 1 is 1.00 bits per heavy atom. The number of aldehydes is 1. The third-order valence-corrected chi connectivity index (χ3v) is 8.87. The van der Waals surface area contributed by atoms with Crippen molar-refractivity contribution < 1.29 is 28.7 Å². The number of ether oxygens (including phenoxy) is 1. The fourth-order valence-electron chi connectivity index (χ4n) is 5.92. The minimum Gasteiger partial charge on any atom is -0.445 e. The number of amides is 4. The number of nitrogens with zero attached hydrogens (tertiary/aromatic N) is 3. The second kappa shape index (κ2) is 17.5. The van der Waals surface area contributed by atoms with Gasteiger partial charge in [0.25, 0.3) is 5.91 Å². The van der Waals surface area contributed by atoms with E-state index in [4.69, 9.17) is 4.74 Å². The Morgan fingerprint density at radius 3 is 2.23 bits per heavy atom. The van der Waals surface area contributed by atoms with Crippen molar-refractivity contribution in [2.75, 3.05) is 32.1 Å². The van der Waals surface area contributed by atoms with Gasteiger partial charge < -0.3 is 34.9 Å². The molecule has 2 aromatic rings. The molecule has 11 nitrogen and oxygen atoms in total. The van der Waals surface area contributed by atoms with Gasteiger partial charge in [-0.15, -0.1) is 0 Å². The number of alkyl carbamates (subject to hydrolysis) is 1. The maximum atomic E-state index is 14.0. The van der Waals surface area contributed by atoms with Crippen LogP contribution >= 0.6 is 0 Å². The molecule has 47 heavy (non-hydrogen) atoms. The van der Waals surface area contributed by atoms with Crippen LogP contribution < -0.4 is 15.5 Å². The molecule has 1 fully saturated rings. The van der Waals surface area contributed by atoms with E-state index in [2.05, 4.69) is 10.6 Å². The molecule has 0 aromatic heterocycles. The smallest absolute Gasteiger partial charge is 0.408 e. The summed E-state index contributed by atoms with van der Waals surface area (Å²) in [7, 11) is 3.84. The van der Waals surface area contributed by atoms with E-state index in [0.29, 0.717) is 37.7 Å². The average Bonchev–Trinajstić information content (AvgIpc) is 3.44. The van der Waals surface area contributed by atoms with E-state index in [1.54, 1.807) is 17.0 Å². The van der Waals surface area contributed by atoms with E-state index in [1.165, 1.54) is 4.90 Å². The highest BCUT2D eigenvalue weighted by atomic mass is 16.5. The van der Waals surface area contributed by atoms with Crippen molar-refractivity contribution in [3.8, 4) is 0 Å². The van der Waals surface area contributed by atoms with Gasteiger partial charge in [0.2, 0.25) is 11.8 Å². The Labute approximate surface area is 279 Å². The zero-order chi connectivity index (χ0) is 34.7. The molecule has 0 radical (unpaired) electrons. The van der Waals surface area contributed by atoms with Crippen molar-refractivity contribution in [2.24, 2.45) is 11.8 Å². The molecule has 0 saturated carbocycles. The predicted molar refractivity (Wildman–Crippen MR) is 182 cm³/mol. The quantitative estimate of drug-likeness (QED) is 0.276. The van der Waals surface area contributed by atoms with Crippen LogP contribution in [0.25, 0.3) is 0 Å². The minimum atomic E-state index is -0.924. The van der Waals surface area contributed by atoms with E-state index in [9.17, 15) is 24.0 Å². The molecular formula is C36H51N5O6. The van der Waals surface area contributed by atoms with Gasteiger partial charge in [0, 0.05) is 37.9 Å². The van der Waals surface area contributed by atoms with E-state index in [1.807, 2.05) is 96.1 Å². The molecule has 1 aliphatic heterocycles. The molecular weight excluding hydrogens is 598 g/mol. The number of likely N-dealkylation sites (tertiary alicyclic amines) is 1. The summed E-state index contributed by atoms with van der Waals surface area (Å²) < 4.78 is 5.40. The molecule has 2 aromatic carbocycles. The van der Waals surface area contributed by atoms with Gasteiger partial charge in [-0.05, 0) is 61.4 Å². The van der Waals surface area contributed by atoms with Crippen LogP contribution in [-0.2, 0) is 25.7 Å². The fourth-order valence-corrected chi connectivity index (χ4v) is 5.92. The summed E-state index contributed by atoms with van der Waals surface area (Å²) in [5, 5.41) is 5.68. The van der Waals surface area contributed by atoms with Gasteiger partial charge in [-0.2, -0.15) is 0 Å². The van der Waals surface area contributed by atoms with Crippen molar-refractivity contribution in [2.45, 2.75) is 84.7 Å². The second-order valence-corrected chi connectivity index (χ2v) is 13.0. The van der Waals surface area contributed by atoms with Crippen LogP contribution in [-0.4, -0.2) is 91.3 Å². The van der Waals surface area contributed by atoms with E-state index in [0.717, 1.165) is 11.3 Å². The van der Waals surface area contributed by atoms with Crippen molar-refractivity contribution in [3.05, 3.63) is 65.7 Å². The molecule has 5 atom stereocenters. The molecule has 0 bridgehead atoms. The van der Waals surface area contributed by atoms with E-state index < -0.39 is 36.2 Å². The average molecular weight is 650 g/mol. The third kappa shape index (κ3) is 10.0. The standard InChI is InChI=1S/C36H51N5O6/c1-8-25(4)32(38-36(46)47-23-27-12-10-9-11-13-27)35(45)41(20-21-42)31-18-19-40(26(31)5)34(44)30(22-24(2)3)37-33(43)28-14-16-29(17-15-28)39(6)7/h9-17,21,24-26,30-32H,8,18-20,22-23H2,1-7H3,(H,37,43)(H,38,46)/t25-,26+,30-,31+,32-/m0/s1. The summed E-state index contributed by atoms with van der Waals surface area (Å²) >= 11 is 0. The summed E-state index contributed by atoms with van der Waals surface area (Å²) in [5.41, 5.74) is 2.23. The van der Waals surface area contributed by atoms with Crippen LogP contribution in [0, 0.1) is 11.8 Å². The summed E-state index contributed by atoms with van der Waals surface area (Å²) in [5.74, 6) is -1.08. The van der Waals surface area contributed by atoms with Gasteiger partial charge in [0.15, 0.2) is 0 Å². The summed E-state index contributed by atoms with van der Waals surface area (Å²) in [6, 6.07) is 13.8. The van der Waals surface area contributed by atoms with Gasteiger partial charge in [0.05, 0.1) is 12.6 Å². The zero-order valence-corrected chi connectivity index (χ0v) is 28.8.